The molecule has 0 radical (unpaired) electrons. The van der Waals surface area contributed by atoms with Gasteiger partial charge >= 0.3 is 5.97 Å². The third kappa shape index (κ3) is 13.3. The van der Waals surface area contributed by atoms with Crippen LogP contribution in [0.3, 0.4) is 0 Å². The molecule has 0 amide bonds. The van der Waals surface area contributed by atoms with E-state index in [1.165, 1.54) is 24.3 Å². The van der Waals surface area contributed by atoms with Crippen molar-refractivity contribution in [3.05, 3.63) is 83.6 Å². The molecular formula is C41H57IN2O15S4. The van der Waals surface area contributed by atoms with Crippen LogP contribution in [0.25, 0.3) is 0 Å². The second-order valence-electron chi connectivity index (χ2n) is 16.5. The lowest BCUT2D eigenvalue weighted by Crippen LogP contribution is -2.45. The van der Waals surface area contributed by atoms with Gasteiger partial charge in [-0.1, -0.05) is 37.6 Å². The minimum atomic E-state index is -4.65. The predicted octanol–water partition coefficient (Wildman–Crippen LogP) is 6.32. The Morgan fingerprint density at radius 1 is 0.778 bits per heavy atom. The van der Waals surface area contributed by atoms with Crippen LogP contribution in [0.1, 0.15) is 96.6 Å². The van der Waals surface area contributed by atoms with Crippen LogP contribution in [0.4, 0.5) is 11.4 Å². The number of carbonyl (C=O) groups is 1. The average Bonchev–Trinajstić information content (AvgIpc) is 3.39. The normalized spacial score (nSPS) is 20.6. The summed E-state index contributed by atoms with van der Waals surface area (Å²) < 4.78 is 135. The third-order valence-corrected chi connectivity index (χ3v) is 19.5. The van der Waals surface area contributed by atoms with Crippen molar-refractivity contribution in [1.82, 2.24) is 0 Å². The smallest absolute Gasteiger partial charge is 0.303 e. The van der Waals surface area contributed by atoms with Crippen LogP contribution in [0.2, 0.25) is 0 Å². The van der Waals surface area contributed by atoms with E-state index in [2.05, 4.69) is 3.11 Å². The Morgan fingerprint density at radius 3 is 1.92 bits per heavy atom. The third-order valence-electron chi connectivity index (χ3n) is 11.4. The second-order valence-corrected chi connectivity index (χ2v) is 25.4. The molecule has 0 fully saturated rings. The highest BCUT2D eigenvalue weighted by molar-refractivity contribution is 14.2. The van der Waals surface area contributed by atoms with Crippen LogP contribution in [0, 0.1) is 0 Å². The van der Waals surface area contributed by atoms with Gasteiger partial charge in [0.2, 0.25) is 0 Å². The van der Waals surface area contributed by atoms with Gasteiger partial charge in [0.15, 0.2) is 0 Å². The van der Waals surface area contributed by atoms with Crippen molar-refractivity contribution in [3.8, 4) is 0 Å². The Morgan fingerprint density at radius 2 is 1.35 bits per heavy atom. The van der Waals surface area contributed by atoms with Crippen molar-refractivity contribution in [2.75, 3.05) is 39.8 Å². The number of carboxylic acid groups (broad SMARTS) is 1. The zero-order valence-corrected chi connectivity index (χ0v) is 41.2. The Labute approximate surface area is 381 Å². The number of rotatable bonds is 23. The summed E-state index contributed by atoms with van der Waals surface area (Å²) >= 11 is -1.11. The summed E-state index contributed by atoms with van der Waals surface area (Å²) in [6.07, 6.45) is 11.2. The van der Waals surface area contributed by atoms with Crippen molar-refractivity contribution < 1.29 is 66.5 Å². The molecule has 2 heterocycles. The molecule has 63 heavy (non-hydrogen) atoms. The minimum absolute atomic E-state index is 0.00916. The van der Waals surface area contributed by atoms with Gasteiger partial charge in [0.05, 0.1) is 34.1 Å². The number of aliphatic carboxylic acids is 1. The Balaban J connectivity index is 1.87. The average molecular weight is 1070 g/mol. The Hall–Kier alpha value is -3.07. The highest BCUT2D eigenvalue weighted by Crippen LogP contribution is 2.52. The maximum atomic E-state index is 12.9. The van der Waals surface area contributed by atoms with Crippen molar-refractivity contribution in [2.24, 2.45) is 0 Å². The molecule has 4 rings (SSSR count). The monoisotopic (exact) mass is 1070 g/mol. The number of aliphatic hydroxyl groups excluding tert-OH is 1. The van der Waals surface area contributed by atoms with Crippen LogP contribution in [0.5, 0.6) is 0 Å². The number of unbranched alkanes of at least 4 members (excludes halogenated alkanes) is 2. The van der Waals surface area contributed by atoms with Crippen molar-refractivity contribution in [1.29, 1.82) is 0 Å². The van der Waals surface area contributed by atoms with E-state index in [1.54, 1.807) is 30.4 Å². The number of halogens is 1. The topological polar surface area (TPSA) is 270 Å². The van der Waals surface area contributed by atoms with Gasteiger partial charge in [-0.3, -0.25) is 22.6 Å². The molecule has 22 heteroatoms. The highest BCUT2D eigenvalue weighted by Gasteiger charge is 2.44. The number of carboxylic acids is 1. The standard InChI is InChI=1S/C41H57IN2O15S4/c1-39(2,23-25-45)44-35-20-17-30(62(54,55)56)28-33(35)40(3,21-12-26-60(48,49)50)36(42-44)14-8-6-9-15-37-41(4,22-13-27-61(51,52)53)32-29-31(63(57,58)59-5)18-19-34(32)43(37)24-11-7-10-16-38(46)47/h6,8-9,14-15,17-20,28-29,45H,7,10-13,16,21-27H2,1-5H3,(H,46,47)(H,48,49,50)(H,51,52,53)(H,54,55,56)/b9-6+,14-8+,37-15+. The van der Waals surface area contributed by atoms with Crippen LogP contribution < -0.4 is 8.01 Å². The molecule has 0 bridgehead atoms. The fourth-order valence-corrected chi connectivity index (χ4v) is 13.8. The van der Waals surface area contributed by atoms with E-state index < -0.39 is 95.3 Å². The molecule has 0 aromatic heterocycles. The SMILES string of the molecule is COS(=O)(=O)c1ccc2c(c1)C(C)(CCCS(=O)(=O)O)\C(=C/C=C/C=C/C1=IN(C(C)(C)CCO)c3ccc(S(=O)(=O)O)cc3C1(C)CCCS(=O)(=O)O)N2CCCCCC(=O)O. The van der Waals surface area contributed by atoms with Gasteiger partial charge in [0, 0.05) is 71.8 Å². The summed E-state index contributed by atoms with van der Waals surface area (Å²) in [4.78, 5) is 12.7. The summed E-state index contributed by atoms with van der Waals surface area (Å²) in [5.41, 5.74) is 0.503. The van der Waals surface area contributed by atoms with Crippen LogP contribution >= 0.6 is 21.0 Å². The number of hydrogen-bond acceptors (Lipinski definition) is 13. The number of benzene rings is 2. The van der Waals surface area contributed by atoms with Crippen molar-refractivity contribution in [3.63, 3.8) is 0 Å². The fraction of sp³-hybridized carbons (Fsp3) is 0.512. The number of fused-ring (bicyclic) bond motifs is 2. The van der Waals surface area contributed by atoms with E-state index in [-0.39, 0.29) is 48.5 Å². The fourth-order valence-electron chi connectivity index (χ4n) is 8.00. The zero-order valence-electron chi connectivity index (χ0n) is 35.8. The number of aliphatic hydroxyl groups is 1. The van der Waals surface area contributed by atoms with E-state index in [0.29, 0.717) is 60.4 Å². The first-order valence-electron chi connectivity index (χ1n) is 20.1. The molecule has 0 spiro atoms. The van der Waals surface area contributed by atoms with Crippen LogP contribution in [-0.2, 0) is 60.3 Å². The molecule has 17 nitrogen and oxygen atoms in total. The van der Waals surface area contributed by atoms with E-state index >= 15 is 0 Å². The van der Waals surface area contributed by atoms with Crippen molar-refractivity contribution >= 4 is 82.3 Å². The molecule has 352 valence electrons. The number of nitrogens with zero attached hydrogens (tertiary/aromatic N) is 2. The number of anilines is 2. The molecule has 2 aromatic carbocycles. The molecule has 2 unspecified atom stereocenters. The first-order valence-corrected chi connectivity index (χ1v) is 28.2. The summed E-state index contributed by atoms with van der Waals surface area (Å²) in [6.45, 7) is 7.85. The number of hydrogen-bond donors (Lipinski definition) is 5. The van der Waals surface area contributed by atoms with Gasteiger partial charge in [0.25, 0.3) is 40.5 Å². The predicted molar refractivity (Wildman–Crippen MR) is 250 cm³/mol. The quantitative estimate of drug-likeness (QED) is 0.0203. The lowest BCUT2D eigenvalue weighted by Gasteiger charge is -2.46. The van der Waals surface area contributed by atoms with Gasteiger partial charge in [-0.15, -0.1) is 0 Å². The first-order chi connectivity index (χ1) is 29.1. The Bertz CT molecular complexity index is 2610. The summed E-state index contributed by atoms with van der Waals surface area (Å²) in [6, 6.07) is 8.82. The van der Waals surface area contributed by atoms with E-state index in [4.69, 9.17) is 9.29 Å². The molecule has 2 aliphatic rings. The van der Waals surface area contributed by atoms with Crippen LogP contribution in [0.15, 0.2) is 82.3 Å². The molecule has 2 aromatic rings. The van der Waals surface area contributed by atoms with Gasteiger partial charge in [-0.05, 0) is 119 Å². The molecule has 2 aliphatic heterocycles. The van der Waals surface area contributed by atoms with Gasteiger partial charge in [-0.2, -0.15) is 33.7 Å². The maximum absolute atomic E-state index is 12.9. The molecule has 0 saturated heterocycles. The maximum Gasteiger partial charge on any atom is 0.303 e. The van der Waals surface area contributed by atoms with Crippen LogP contribution in [-0.4, -0.2) is 104 Å². The highest BCUT2D eigenvalue weighted by atomic mass is 127. The van der Waals surface area contributed by atoms with E-state index in [1.807, 2.05) is 44.7 Å². The van der Waals surface area contributed by atoms with Gasteiger partial charge < -0.3 is 18.2 Å². The minimum Gasteiger partial charge on any atom is -0.481 e. The van der Waals surface area contributed by atoms with E-state index in [0.717, 1.165) is 10.6 Å². The first kappa shape index (κ1) is 52.6. The van der Waals surface area contributed by atoms with Gasteiger partial charge in [0.1, 0.15) is 0 Å². The lowest BCUT2D eigenvalue weighted by molar-refractivity contribution is -0.137. The van der Waals surface area contributed by atoms with Gasteiger partial charge in [-0.25, -0.2) is 0 Å². The molecule has 0 aliphatic carbocycles. The Kier molecular flexibility index (Phi) is 17.2. The van der Waals surface area contributed by atoms with Crippen molar-refractivity contribution in [2.45, 2.75) is 112 Å². The molecule has 2 atom stereocenters. The summed E-state index contributed by atoms with van der Waals surface area (Å²) in [5, 5.41) is 19.2. The summed E-state index contributed by atoms with van der Waals surface area (Å²) in [7, 11) is -16.4. The zero-order chi connectivity index (χ0) is 47.2. The van der Waals surface area contributed by atoms with E-state index in [9.17, 15) is 57.2 Å². The molecule has 5 N–H and O–H groups in total. The lowest BCUT2D eigenvalue weighted by atomic mass is 9.74. The summed E-state index contributed by atoms with van der Waals surface area (Å²) in [5.74, 6) is -2.00. The second kappa shape index (κ2) is 20.6. The largest absolute Gasteiger partial charge is 0.481 e. The number of allylic oxidation sites excluding steroid dienone is 6. The molecular weight excluding hydrogens is 1020 g/mol. The molecule has 0 saturated carbocycles.